The second kappa shape index (κ2) is 6.63. The molecule has 1 atom stereocenters. The van der Waals surface area contributed by atoms with Gasteiger partial charge in [-0.15, -0.1) is 0 Å². The fraction of sp³-hybridized carbons (Fsp3) is 0.385. The lowest BCUT2D eigenvalue weighted by Gasteiger charge is -2.13. The number of ether oxygens (including phenoxy) is 1. The molecule has 0 spiro atoms. The third kappa shape index (κ3) is 4.50. The van der Waals surface area contributed by atoms with E-state index in [0.717, 1.165) is 11.1 Å². The minimum absolute atomic E-state index is 0.267. The van der Waals surface area contributed by atoms with Gasteiger partial charge in [0.25, 0.3) is 0 Å². The SMILES string of the molecule is COc1ccc(C)cc1CNC(=O)NC(C)C(=O)O. The summed E-state index contributed by atoms with van der Waals surface area (Å²) in [6.07, 6.45) is 0. The van der Waals surface area contributed by atoms with Crippen molar-refractivity contribution in [2.24, 2.45) is 0 Å². The van der Waals surface area contributed by atoms with Gasteiger partial charge in [0.1, 0.15) is 11.8 Å². The van der Waals surface area contributed by atoms with Crippen LogP contribution in [0, 0.1) is 6.92 Å². The Kier molecular flexibility index (Phi) is 5.17. The molecule has 3 N–H and O–H groups in total. The van der Waals surface area contributed by atoms with E-state index in [0.29, 0.717) is 5.75 Å². The normalized spacial score (nSPS) is 11.5. The van der Waals surface area contributed by atoms with Crippen molar-refractivity contribution in [1.29, 1.82) is 0 Å². The van der Waals surface area contributed by atoms with Crippen molar-refractivity contribution >= 4 is 12.0 Å². The smallest absolute Gasteiger partial charge is 0.325 e. The number of carbonyl (C=O) groups excluding carboxylic acids is 1. The lowest BCUT2D eigenvalue weighted by atomic mass is 10.1. The van der Waals surface area contributed by atoms with E-state index in [-0.39, 0.29) is 6.54 Å². The van der Waals surface area contributed by atoms with Gasteiger partial charge in [0.05, 0.1) is 7.11 Å². The number of aliphatic carboxylic acids is 1. The molecule has 1 rings (SSSR count). The van der Waals surface area contributed by atoms with Crippen LogP contribution in [0.15, 0.2) is 18.2 Å². The van der Waals surface area contributed by atoms with Crippen LogP contribution in [-0.2, 0) is 11.3 Å². The zero-order chi connectivity index (χ0) is 14.4. The molecule has 1 aromatic rings. The number of carboxylic acids is 1. The molecule has 0 aliphatic heterocycles. The molecule has 2 amide bonds. The molecular weight excluding hydrogens is 248 g/mol. The van der Waals surface area contributed by atoms with Crippen LogP contribution in [0.4, 0.5) is 4.79 Å². The van der Waals surface area contributed by atoms with Crippen LogP contribution in [-0.4, -0.2) is 30.3 Å². The number of benzene rings is 1. The molecule has 0 radical (unpaired) electrons. The topological polar surface area (TPSA) is 87.7 Å². The highest BCUT2D eigenvalue weighted by Gasteiger charge is 2.13. The van der Waals surface area contributed by atoms with E-state index in [1.165, 1.54) is 6.92 Å². The molecule has 0 fully saturated rings. The average molecular weight is 266 g/mol. The van der Waals surface area contributed by atoms with Crippen molar-refractivity contribution < 1.29 is 19.4 Å². The number of hydrogen-bond donors (Lipinski definition) is 3. The van der Waals surface area contributed by atoms with Crippen molar-refractivity contribution in [3.8, 4) is 5.75 Å². The van der Waals surface area contributed by atoms with E-state index < -0.39 is 18.0 Å². The molecule has 19 heavy (non-hydrogen) atoms. The second-order valence-electron chi connectivity index (χ2n) is 4.20. The monoisotopic (exact) mass is 266 g/mol. The Morgan fingerprint density at radius 2 is 2.11 bits per heavy atom. The van der Waals surface area contributed by atoms with Crippen LogP contribution in [0.1, 0.15) is 18.1 Å². The Morgan fingerprint density at radius 3 is 2.68 bits per heavy atom. The summed E-state index contributed by atoms with van der Waals surface area (Å²) in [5, 5.41) is 13.6. The zero-order valence-corrected chi connectivity index (χ0v) is 11.2. The first-order valence-electron chi connectivity index (χ1n) is 5.84. The van der Waals surface area contributed by atoms with Crippen molar-refractivity contribution in [1.82, 2.24) is 10.6 Å². The minimum atomic E-state index is -1.08. The molecule has 6 nitrogen and oxygen atoms in total. The van der Waals surface area contributed by atoms with Gasteiger partial charge in [-0.05, 0) is 19.9 Å². The van der Waals surface area contributed by atoms with E-state index >= 15 is 0 Å². The first-order valence-corrected chi connectivity index (χ1v) is 5.84. The van der Waals surface area contributed by atoms with Gasteiger partial charge in [0, 0.05) is 12.1 Å². The maximum Gasteiger partial charge on any atom is 0.325 e. The van der Waals surface area contributed by atoms with Crippen LogP contribution < -0.4 is 15.4 Å². The van der Waals surface area contributed by atoms with Gasteiger partial charge in [-0.1, -0.05) is 17.7 Å². The van der Waals surface area contributed by atoms with Crippen molar-refractivity contribution in [3.63, 3.8) is 0 Å². The molecule has 0 heterocycles. The summed E-state index contributed by atoms with van der Waals surface area (Å²) in [6, 6.07) is 4.18. The molecule has 0 aliphatic carbocycles. The van der Waals surface area contributed by atoms with Crippen LogP contribution in [0.2, 0.25) is 0 Å². The maximum absolute atomic E-state index is 11.5. The first kappa shape index (κ1) is 14.8. The average Bonchev–Trinajstić information content (AvgIpc) is 2.36. The van der Waals surface area contributed by atoms with Crippen LogP contribution >= 0.6 is 0 Å². The van der Waals surface area contributed by atoms with Crippen LogP contribution in [0.5, 0.6) is 5.75 Å². The number of hydrogen-bond acceptors (Lipinski definition) is 3. The molecular formula is C13H18N2O4. The first-order chi connectivity index (χ1) is 8.93. The number of rotatable bonds is 5. The largest absolute Gasteiger partial charge is 0.496 e. The number of methoxy groups -OCH3 is 1. The molecule has 0 aliphatic rings. The third-order valence-corrected chi connectivity index (χ3v) is 2.59. The lowest BCUT2D eigenvalue weighted by molar-refractivity contribution is -0.138. The summed E-state index contributed by atoms with van der Waals surface area (Å²) in [5.41, 5.74) is 1.89. The van der Waals surface area contributed by atoms with E-state index in [1.807, 2.05) is 25.1 Å². The standard InChI is InChI=1S/C13H18N2O4/c1-8-4-5-11(19-3)10(6-8)7-14-13(18)15-9(2)12(16)17/h4-6,9H,7H2,1-3H3,(H,16,17)(H2,14,15,18). The molecule has 0 bridgehead atoms. The lowest BCUT2D eigenvalue weighted by Crippen LogP contribution is -2.44. The number of carboxylic acid groups (broad SMARTS) is 1. The number of carbonyl (C=O) groups is 2. The van der Waals surface area contributed by atoms with E-state index in [4.69, 9.17) is 9.84 Å². The van der Waals surface area contributed by atoms with E-state index in [2.05, 4.69) is 10.6 Å². The Labute approximate surface area is 111 Å². The predicted octanol–water partition coefficient (Wildman–Crippen LogP) is 1.28. The van der Waals surface area contributed by atoms with Crippen LogP contribution in [0.25, 0.3) is 0 Å². The van der Waals surface area contributed by atoms with Gasteiger partial charge >= 0.3 is 12.0 Å². The van der Waals surface area contributed by atoms with Gasteiger partial charge in [-0.2, -0.15) is 0 Å². The summed E-state index contributed by atoms with van der Waals surface area (Å²) in [5.74, 6) is -0.402. The molecule has 1 aromatic carbocycles. The summed E-state index contributed by atoms with van der Waals surface area (Å²) in [6.45, 7) is 3.60. The second-order valence-corrected chi connectivity index (χ2v) is 4.20. The Bertz CT molecular complexity index is 474. The van der Waals surface area contributed by atoms with E-state index in [9.17, 15) is 9.59 Å². The maximum atomic E-state index is 11.5. The third-order valence-electron chi connectivity index (χ3n) is 2.59. The minimum Gasteiger partial charge on any atom is -0.496 e. The number of amides is 2. The Hall–Kier alpha value is -2.24. The number of nitrogens with one attached hydrogen (secondary N) is 2. The summed E-state index contributed by atoms with van der Waals surface area (Å²) >= 11 is 0. The van der Waals surface area contributed by atoms with Crippen molar-refractivity contribution in [3.05, 3.63) is 29.3 Å². The van der Waals surface area contributed by atoms with Gasteiger partial charge in [0.2, 0.25) is 0 Å². The molecule has 104 valence electrons. The molecule has 6 heteroatoms. The van der Waals surface area contributed by atoms with Crippen molar-refractivity contribution in [2.75, 3.05) is 7.11 Å². The quantitative estimate of drug-likeness (QED) is 0.749. The molecule has 0 saturated carbocycles. The number of urea groups is 1. The van der Waals surface area contributed by atoms with E-state index in [1.54, 1.807) is 7.11 Å². The fourth-order valence-electron chi connectivity index (χ4n) is 1.53. The highest BCUT2D eigenvalue weighted by Crippen LogP contribution is 2.19. The summed E-state index contributed by atoms with van der Waals surface area (Å²) in [7, 11) is 1.56. The molecule has 0 saturated heterocycles. The molecule has 0 aromatic heterocycles. The Morgan fingerprint density at radius 1 is 1.42 bits per heavy atom. The summed E-state index contributed by atoms with van der Waals surface area (Å²) < 4.78 is 5.19. The van der Waals surface area contributed by atoms with Crippen molar-refractivity contribution in [2.45, 2.75) is 26.4 Å². The van der Waals surface area contributed by atoms with Gasteiger partial charge in [-0.3, -0.25) is 4.79 Å². The van der Waals surface area contributed by atoms with Gasteiger partial charge in [-0.25, -0.2) is 4.79 Å². The highest BCUT2D eigenvalue weighted by atomic mass is 16.5. The fourth-order valence-corrected chi connectivity index (χ4v) is 1.53. The number of aryl methyl sites for hydroxylation is 1. The predicted molar refractivity (Wildman–Crippen MR) is 70.2 cm³/mol. The zero-order valence-electron chi connectivity index (χ0n) is 11.2. The molecule has 1 unspecified atom stereocenters. The van der Waals surface area contributed by atoms with Crippen LogP contribution in [0.3, 0.4) is 0 Å². The highest BCUT2D eigenvalue weighted by molar-refractivity contribution is 5.82. The van der Waals surface area contributed by atoms with Gasteiger partial charge in [0.15, 0.2) is 0 Å². The summed E-state index contributed by atoms with van der Waals surface area (Å²) in [4.78, 5) is 22.1. The Balaban J connectivity index is 2.59. The van der Waals surface area contributed by atoms with Gasteiger partial charge < -0.3 is 20.5 Å².